The lowest BCUT2D eigenvalue weighted by atomic mass is 10.0. The van der Waals surface area contributed by atoms with Gasteiger partial charge in [-0.3, -0.25) is 20.2 Å². The fourth-order valence-electron chi connectivity index (χ4n) is 4.45. The molecule has 0 fully saturated rings. The fourth-order valence-corrected chi connectivity index (χ4v) is 6.99. The number of nitro benzene ring substituents is 2. The highest BCUT2D eigenvalue weighted by Crippen LogP contribution is 2.27. The number of hydrogen-bond donors (Lipinski definition) is 2. The van der Waals surface area contributed by atoms with Crippen molar-refractivity contribution in [3.8, 4) is 0 Å². The molecule has 4 aromatic rings. The van der Waals surface area contributed by atoms with Crippen LogP contribution >= 0.6 is 0 Å². The highest BCUT2D eigenvalue weighted by molar-refractivity contribution is 7.89. The van der Waals surface area contributed by atoms with Crippen molar-refractivity contribution in [2.45, 2.75) is 90.6 Å². The van der Waals surface area contributed by atoms with E-state index in [9.17, 15) is 37.1 Å². The number of nitrogens with one attached hydrogen (secondary N) is 2. The second-order valence-electron chi connectivity index (χ2n) is 12.7. The Kier molecular flexibility index (Phi) is 17.8. The van der Waals surface area contributed by atoms with Crippen molar-refractivity contribution in [1.82, 2.24) is 9.44 Å². The molecule has 0 bridgehead atoms. The first-order valence-electron chi connectivity index (χ1n) is 16.0. The maximum Gasteiger partial charge on any atom is 0.274 e. The van der Waals surface area contributed by atoms with Gasteiger partial charge < -0.3 is 0 Å². The Hall–Kier alpha value is -4.50. The smallest absolute Gasteiger partial charge is 0.258 e. The first-order valence-corrected chi connectivity index (χ1v) is 19.0. The third-order valence-electron chi connectivity index (χ3n) is 6.38. The van der Waals surface area contributed by atoms with Crippen molar-refractivity contribution in [1.29, 1.82) is 0 Å². The Morgan fingerprint density at radius 2 is 0.843 bits per heavy atom. The van der Waals surface area contributed by atoms with Crippen LogP contribution in [-0.4, -0.2) is 38.8 Å². The zero-order valence-electron chi connectivity index (χ0n) is 29.4. The standard InChI is InChI=1S/2C16H18N2O4S.C4H10.CH4/c2*1-12(2)17-23(21,22)15-9-8-14(16(11-15)18(19)20)10-13-6-4-3-5-7-13;1-4(2)3;/h2*3-9,11-12,17H,10H2,1-2H3;4H,1-3H3;1H4. The summed E-state index contributed by atoms with van der Waals surface area (Å²) < 4.78 is 53.5. The summed E-state index contributed by atoms with van der Waals surface area (Å²) in [6.45, 7) is 13.3. The molecule has 51 heavy (non-hydrogen) atoms. The minimum absolute atomic E-state index is 0. The van der Waals surface area contributed by atoms with Crippen LogP contribution < -0.4 is 9.44 Å². The van der Waals surface area contributed by atoms with Gasteiger partial charge in [0.15, 0.2) is 0 Å². The molecular formula is C37H50N4O8S2. The Morgan fingerprint density at radius 3 is 1.10 bits per heavy atom. The molecule has 0 amide bonds. The highest BCUT2D eigenvalue weighted by Gasteiger charge is 2.23. The maximum atomic E-state index is 12.2. The van der Waals surface area contributed by atoms with Gasteiger partial charge in [-0.2, -0.15) is 0 Å². The molecule has 0 saturated heterocycles. The van der Waals surface area contributed by atoms with Crippen LogP contribution in [0.4, 0.5) is 11.4 Å². The van der Waals surface area contributed by atoms with Gasteiger partial charge in [0.2, 0.25) is 20.0 Å². The lowest BCUT2D eigenvalue weighted by Gasteiger charge is -2.10. The van der Waals surface area contributed by atoms with E-state index in [-0.39, 0.29) is 40.7 Å². The number of hydrogen-bond acceptors (Lipinski definition) is 8. The molecule has 0 unspecified atom stereocenters. The molecule has 0 heterocycles. The van der Waals surface area contributed by atoms with E-state index in [1.165, 1.54) is 24.3 Å². The molecule has 0 aliphatic carbocycles. The molecule has 278 valence electrons. The summed E-state index contributed by atoms with van der Waals surface area (Å²) in [5.74, 6) is 0.833. The molecule has 14 heteroatoms. The van der Waals surface area contributed by atoms with Crippen molar-refractivity contribution < 1.29 is 26.7 Å². The Morgan fingerprint density at radius 1 is 0.549 bits per heavy atom. The lowest BCUT2D eigenvalue weighted by Crippen LogP contribution is -2.30. The maximum absolute atomic E-state index is 12.2. The van der Waals surface area contributed by atoms with Crippen LogP contribution in [0.3, 0.4) is 0 Å². The summed E-state index contributed by atoms with van der Waals surface area (Å²) in [5, 5.41) is 22.6. The van der Waals surface area contributed by atoms with E-state index in [0.29, 0.717) is 24.0 Å². The quantitative estimate of drug-likeness (QED) is 0.108. The molecule has 0 atom stereocenters. The van der Waals surface area contributed by atoms with Gasteiger partial charge in [0.05, 0.1) is 19.6 Å². The Labute approximate surface area is 302 Å². The van der Waals surface area contributed by atoms with Gasteiger partial charge in [0.1, 0.15) is 0 Å². The molecule has 0 saturated carbocycles. The van der Waals surface area contributed by atoms with Gasteiger partial charge in [-0.25, -0.2) is 26.3 Å². The molecular weight excluding hydrogens is 693 g/mol. The number of nitrogens with zero attached hydrogens (tertiary/aromatic N) is 2. The van der Waals surface area contributed by atoms with Crippen molar-refractivity contribution in [3.05, 3.63) is 140 Å². The second kappa shape index (κ2) is 20.4. The van der Waals surface area contributed by atoms with Gasteiger partial charge in [-0.05, 0) is 56.9 Å². The predicted octanol–water partition coefficient (Wildman–Crippen LogP) is 8.04. The fraction of sp³-hybridized carbons (Fsp3) is 0.351. The molecule has 12 nitrogen and oxygen atoms in total. The van der Waals surface area contributed by atoms with E-state index in [2.05, 4.69) is 30.2 Å². The van der Waals surface area contributed by atoms with Crippen LogP contribution in [-0.2, 0) is 32.9 Å². The average molecular weight is 743 g/mol. The Balaban J connectivity index is 0.000000453. The van der Waals surface area contributed by atoms with Gasteiger partial charge in [-0.1, -0.05) is 101 Å². The molecule has 0 aliphatic rings. The van der Waals surface area contributed by atoms with Crippen LogP contribution in [0, 0.1) is 26.1 Å². The molecule has 0 aromatic heterocycles. The monoisotopic (exact) mass is 742 g/mol. The minimum atomic E-state index is -3.76. The van der Waals surface area contributed by atoms with E-state index < -0.39 is 29.9 Å². The van der Waals surface area contributed by atoms with Gasteiger partial charge >= 0.3 is 0 Å². The number of benzene rings is 4. The number of sulfonamides is 2. The zero-order chi connectivity index (χ0) is 37.6. The summed E-state index contributed by atoms with van der Waals surface area (Å²) in [6, 6.07) is 26.1. The normalized spacial score (nSPS) is 11.2. The largest absolute Gasteiger partial charge is 0.274 e. The predicted molar refractivity (Wildman–Crippen MR) is 203 cm³/mol. The van der Waals surface area contributed by atoms with Crippen LogP contribution in [0.25, 0.3) is 0 Å². The summed E-state index contributed by atoms with van der Waals surface area (Å²) in [6.07, 6.45) is 0.740. The topological polar surface area (TPSA) is 179 Å². The highest BCUT2D eigenvalue weighted by atomic mass is 32.2. The van der Waals surface area contributed by atoms with Gasteiger partial charge in [0.25, 0.3) is 11.4 Å². The molecule has 0 spiro atoms. The van der Waals surface area contributed by atoms with E-state index in [1.807, 2.05) is 60.7 Å². The average Bonchev–Trinajstić information content (AvgIpc) is 3.01. The van der Waals surface area contributed by atoms with Gasteiger partial charge in [-0.15, -0.1) is 0 Å². The Bertz CT molecular complexity index is 1790. The van der Waals surface area contributed by atoms with E-state index in [0.717, 1.165) is 29.2 Å². The number of nitro groups is 2. The zero-order valence-corrected chi connectivity index (χ0v) is 31.0. The van der Waals surface area contributed by atoms with Crippen molar-refractivity contribution in [3.63, 3.8) is 0 Å². The molecule has 4 rings (SSSR count). The summed E-state index contributed by atoms with van der Waals surface area (Å²) in [5.41, 5.74) is 2.41. The molecule has 4 aromatic carbocycles. The van der Waals surface area contributed by atoms with Crippen LogP contribution in [0.15, 0.2) is 107 Å². The molecule has 0 radical (unpaired) electrons. The van der Waals surface area contributed by atoms with Crippen LogP contribution in [0.2, 0.25) is 0 Å². The molecule has 2 N–H and O–H groups in total. The second-order valence-corrected chi connectivity index (χ2v) is 16.1. The van der Waals surface area contributed by atoms with Crippen LogP contribution in [0.5, 0.6) is 0 Å². The van der Waals surface area contributed by atoms with Gasteiger partial charge in [0, 0.05) is 48.2 Å². The van der Waals surface area contributed by atoms with E-state index in [1.54, 1.807) is 27.7 Å². The summed E-state index contributed by atoms with van der Waals surface area (Å²) in [7, 11) is -7.52. The first-order chi connectivity index (χ1) is 23.3. The van der Waals surface area contributed by atoms with Crippen molar-refractivity contribution in [2.75, 3.05) is 0 Å². The molecule has 0 aliphatic heterocycles. The minimum Gasteiger partial charge on any atom is -0.258 e. The van der Waals surface area contributed by atoms with Crippen molar-refractivity contribution >= 4 is 31.4 Å². The summed E-state index contributed by atoms with van der Waals surface area (Å²) in [4.78, 5) is 21.3. The van der Waals surface area contributed by atoms with E-state index in [4.69, 9.17) is 0 Å². The first kappa shape index (κ1) is 44.5. The van der Waals surface area contributed by atoms with Crippen molar-refractivity contribution in [2.24, 2.45) is 5.92 Å². The third-order valence-corrected chi connectivity index (χ3v) is 9.70. The lowest BCUT2D eigenvalue weighted by molar-refractivity contribution is -0.385. The SMILES string of the molecule is C.CC(C)C.CC(C)NS(=O)(=O)c1ccc(Cc2ccccc2)c([N+](=O)[O-])c1.CC(C)NS(=O)(=O)c1ccc(Cc2ccccc2)c([N+](=O)[O-])c1. The third kappa shape index (κ3) is 15.1. The summed E-state index contributed by atoms with van der Waals surface area (Å²) >= 11 is 0. The van der Waals surface area contributed by atoms with Crippen LogP contribution in [0.1, 0.15) is 78.1 Å². The number of rotatable bonds is 12. The van der Waals surface area contributed by atoms with E-state index >= 15 is 0 Å².